The Bertz CT molecular complexity index is 190. The second-order valence-electron chi connectivity index (χ2n) is 1.30. The summed E-state index contributed by atoms with van der Waals surface area (Å²) in [5, 5.41) is 3.09. The summed E-state index contributed by atoms with van der Waals surface area (Å²) in [5.41, 5.74) is 7.88. The van der Waals surface area contributed by atoms with Crippen molar-refractivity contribution in [1.29, 1.82) is 0 Å². The highest BCUT2D eigenvalue weighted by Crippen LogP contribution is 1.96. The molecule has 1 unspecified atom stereocenters. The smallest absolute Gasteiger partial charge is 0.293 e. The van der Waals surface area contributed by atoms with Gasteiger partial charge >= 0.3 is 0 Å². The Morgan fingerprint density at radius 1 is 2.00 bits per heavy atom. The van der Waals surface area contributed by atoms with Crippen LogP contribution in [0.3, 0.4) is 0 Å². The van der Waals surface area contributed by atoms with E-state index in [1.807, 2.05) is 0 Å². The lowest BCUT2D eigenvalue weighted by atomic mass is 10.4. The molecule has 0 spiro atoms. The van der Waals surface area contributed by atoms with Gasteiger partial charge < -0.3 is 4.74 Å². The Labute approximate surface area is 57.6 Å². The van der Waals surface area contributed by atoms with Gasteiger partial charge in [0.15, 0.2) is 6.23 Å². The molecule has 0 aliphatic rings. The van der Waals surface area contributed by atoms with Crippen molar-refractivity contribution in [3.63, 3.8) is 0 Å². The first-order valence-corrected chi connectivity index (χ1v) is 2.42. The number of rotatable bonds is 4. The molecule has 0 aliphatic heterocycles. The molecule has 0 radical (unpaired) electrons. The molecule has 0 N–H and O–H groups in total. The van der Waals surface area contributed by atoms with Crippen LogP contribution in [-0.2, 0) is 9.53 Å². The van der Waals surface area contributed by atoms with Crippen LogP contribution in [-0.4, -0.2) is 12.7 Å². The Morgan fingerprint density at radius 2 is 2.70 bits per heavy atom. The molecule has 0 fully saturated rings. The molecule has 0 aliphatic carbocycles. The van der Waals surface area contributed by atoms with Crippen LogP contribution >= 0.6 is 0 Å². The van der Waals surface area contributed by atoms with Crippen molar-refractivity contribution in [2.45, 2.75) is 12.6 Å². The summed E-state index contributed by atoms with van der Waals surface area (Å²) < 4.78 is 4.28. The zero-order valence-corrected chi connectivity index (χ0v) is 5.10. The third kappa shape index (κ3) is 3.36. The molecule has 1 atom stereocenters. The monoisotopic (exact) mass is 139 g/mol. The van der Waals surface area contributed by atoms with E-state index in [0.29, 0.717) is 0 Å². The summed E-state index contributed by atoms with van der Waals surface area (Å²) in [7, 11) is 0. The molecule has 0 aromatic rings. The topological polar surface area (TPSA) is 75.1 Å². The zero-order chi connectivity index (χ0) is 7.82. The first-order chi connectivity index (χ1) is 4.85. The molecular formula is C5H5N3O2. The van der Waals surface area contributed by atoms with Gasteiger partial charge in [-0.25, -0.2) is 0 Å². The molecule has 52 valence electrons. The summed E-state index contributed by atoms with van der Waals surface area (Å²) >= 11 is 0. The second-order valence-corrected chi connectivity index (χ2v) is 1.30. The average molecular weight is 139 g/mol. The van der Waals surface area contributed by atoms with E-state index in [1.54, 1.807) is 0 Å². The maximum Gasteiger partial charge on any atom is 0.293 e. The number of nitrogens with zero attached hydrogens (tertiary/aromatic N) is 3. The maximum absolute atomic E-state index is 9.69. The fourth-order valence-electron chi connectivity index (χ4n) is 0.339. The van der Waals surface area contributed by atoms with Crippen LogP contribution in [0.25, 0.3) is 10.4 Å². The molecule has 0 saturated heterocycles. The summed E-state index contributed by atoms with van der Waals surface area (Å²) in [6.07, 6.45) is 4.09. The van der Waals surface area contributed by atoms with Crippen LogP contribution in [0.4, 0.5) is 0 Å². The molecule has 5 nitrogen and oxygen atoms in total. The predicted molar refractivity (Wildman–Crippen MR) is 33.5 cm³/mol. The third-order valence-corrected chi connectivity index (χ3v) is 0.686. The van der Waals surface area contributed by atoms with Crippen molar-refractivity contribution in [3.05, 3.63) is 10.4 Å². The SMILES string of the molecule is C#CCC(N=[N+]=[N-])OC=O. The molecule has 0 aromatic heterocycles. The average Bonchev–Trinajstić information content (AvgIpc) is 1.90. The Kier molecular flexibility index (Phi) is 4.57. The van der Waals surface area contributed by atoms with Gasteiger partial charge in [-0.2, -0.15) is 0 Å². The Hall–Kier alpha value is -1.66. The number of carbonyl (C=O) groups is 1. The van der Waals surface area contributed by atoms with Gasteiger partial charge in [0.1, 0.15) is 0 Å². The minimum absolute atomic E-state index is 0.1000. The van der Waals surface area contributed by atoms with Gasteiger partial charge in [0, 0.05) is 4.91 Å². The quantitative estimate of drug-likeness (QED) is 0.190. The molecule has 0 aromatic carbocycles. The first kappa shape index (κ1) is 8.34. The van der Waals surface area contributed by atoms with Gasteiger partial charge in [-0.05, 0) is 10.6 Å². The molecule has 0 bridgehead atoms. The highest BCUT2D eigenvalue weighted by Gasteiger charge is 2.01. The van der Waals surface area contributed by atoms with Gasteiger partial charge in [-0.15, -0.1) is 12.3 Å². The van der Waals surface area contributed by atoms with E-state index in [9.17, 15) is 4.79 Å². The van der Waals surface area contributed by atoms with Crippen LogP contribution in [0.15, 0.2) is 5.11 Å². The predicted octanol–water partition coefficient (Wildman–Crippen LogP) is 0.819. The van der Waals surface area contributed by atoms with Crippen molar-refractivity contribution in [1.82, 2.24) is 0 Å². The third-order valence-electron chi connectivity index (χ3n) is 0.686. The van der Waals surface area contributed by atoms with Crippen LogP contribution < -0.4 is 0 Å². The van der Waals surface area contributed by atoms with Gasteiger partial charge in [0.2, 0.25) is 0 Å². The van der Waals surface area contributed by atoms with Crippen molar-refractivity contribution >= 4 is 6.47 Å². The fraction of sp³-hybridized carbons (Fsp3) is 0.400. The van der Waals surface area contributed by atoms with E-state index in [2.05, 4.69) is 20.7 Å². The van der Waals surface area contributed by atoms with Crippen molar-refractivity contribution in [2.24, 2.45) is 5.11 Å². The van der Waals surface area contributed by atoms with Crippen LogP contribution in [0.1, 0.15) is 6.42 Å². The number of hydrogen-bond acceptors (Lipinski definition) is 3. The largest absolute Gasteiger partial charge is 0.457 e. The summed E-state index contributed by atoms with van der Waals surface area (Å²) in [6, 6.07) is 0. The van der Waals surface area contributed by atoms with E-state index in [4.69, 9.17) is 12.0 Å². The van der Waals surface area contributed by atoms with Crippen LogP contribution in [0.2, 0.25) is 0 Å². The fourth-order valence-corrected chi connectivity index (χ4v) is 0.339. The lowest BCUT2D eigenvalue weighted by Crippen LogP contribution is -2.05. The zero-order valence-electron chi connectivity index (χ0n) is 5.10. The molecular weight excluding hydrogens is 134 g/mol. The van der Waals surface area contributed by atoms with Gasteiger partial charge in [0.25, 0.3) is 6.47 Å². The summed E-state index contributed by atoms with van der Waals surface area (Å²) in [5.74, 6) is 2.19. The minimum Gasteiger partial charge on any atom is -0.457 e. The van der Waals surface area contributed by atoms with Crippen LogP contribution in [0.5, 0.6) is 0 Å². The van der Waals surface area contributed by atoms with Gasteiger partial charge in [0.05, 0.1) is 6.42 Å². The number of hydrogen-bond donors (Lipinski definition) is 0. The first-order valence-electron chi connectivity index (χ1n) is 2.42. The maximum atomic E-state index is 9.69. The van der Waals surface area contributed by atoms with Crippen molar-refractivity contribution in [2.75, 3.05) is 0 Å². The molecule has 5 heteroatoms. The van der Waals surface area contributed by atoms with E-state index < -0.39 is 6.23 Å². The Morgan fingerprint density at radius 3 is 3.10 bits per heavy atom. The lowest BCUT2D eigenvalue weighted by molar-refractivity contribution is -0.132. The van der Waals surface area contributed by atoms with Gasteiger partial charge in [-0.3, -0.25) is 4.79 Å². The minimum atomic E-state index is -0.868. The Balaban J connectivity index is 3.85. The highest BCUT2D eigenvalue weighted by atomic mass is 16.5. The van der Waals surface area contributed by atoms with E-state index >= 15 is 0 Å². The number of terminal acetylenes is 1. The standard InChI is InChI=1S/C5H5N3O2/c1-2-3-5(7-8-6)10-4-9/h1,4-5H,3H2. The normalized spacial score (nSPS) is 10.3. The molecule has 0 saturated carbocycles. The van der Waals surface area contributed by atoms with Gasteiger partial charge in [-0.1, -0.05) is 0 Å². The molecule has 10 heavy (non-hydrogen) atoms. The van der Waals surface area contributed by atoms with E-state index in [1.165, 1.54) is 0 Å². The molecule has 0 amide bonds. The summed E-state index contributed by atoms with van der Waals surface area (Å²) in [4.78, 5) is 12.1. The summed E-state index contributed by atoms with van der Waals surface area (Å²) in [6.45, 7) is 0.191. The number of azide groups is 1. The van der Waals surface area contributed by atoms with Crippen molar-refractivity contribution in [3.8, 4) is 12.3 Å². The highest BCUT2D eigenvalue weighted by molar-refractivity contribution is 5.37. The lowest BCUT2D eigenvalue weighted by Gasteiger charge is -2.01. The van der Waals surface area contributed by atoms with E-state index in [0.717, 1.165) is 0 Å². The van der Waals surface area contributed by atoms with Crippen molar-refractivity contribution < 1.29 is 9.53 Å². The number of carbonyl (C=O) groups excluding carboxylic acids is 1. The molecule has 0 heterocycles. The number of ether oxygens (including phenoxy) is 1. The second kappa shape index (κ2) is 5.48. The van der Waals surface area contributed by atoms with Crippen LogP contribution in [0, 0.1) is 12.3 Å². The van der Waals surface area contributed by atoms with E-state index in [-0.39, 0.29) is 12.9 Å². The molecule has 0 rings (SSSR count).